The van der Waals surface area contributed by atoms with E-state index in [4.69, 9.17) is 5.73 Å². The molecular formula is C16H26N2. The monoisotopic (exact) mass is 246 g/mol. The first-order valence-corrected chi connectivity index (χ1v) is 7.16. The Morgan fingerprint density at radius 3 is 2.50 bits per heavy atom. The van der Waals surface area contributed by atoms with Crippen LogP contribution in [0, 0.1) is 13.8 Å². The lowest BCUT2D eigenvalue weighted by atomic mass is 9.95. The first kappa shape index (κ1) is 13.6. The van der Waals surface area contributed by atoms with Crippen molar-refractivity contribution in [3.8, 4) is 0 Å². The molecule has 2 heteroatoms. The Morgan fingerprint density at radius 2 is 1.89 bits per heavy atom. The summed E-state index contributed by atoms with van der Waals surface area (Å²) >= 11 is 0. The zero-order chi connectivity index (χ0) is 13.1. The summed E-state index contributed by atoms with van der Waals surface area (Å²) in [6.07, 6.45) is 3.90. The minimum atomic E-state index is 0.484. The highest BCUT2D eigenvalue weighted by Gasteiger charge is 2.26. The lowest BCUT2D eigenvalue weighted by Gasteiger charge is -2.39. The molecule has 2 unspecified atom stereocenters. The molecular weight excluding hydrogens is 220 g/mol. The van der Waals surface area contributed by atoms with E-state index in [2.05, 4.69) is 43.9 Å². The number of benzene rings is 1. The van der Waals surface area contributed by atoms with Crippen molar-refractivity contribution in [1.82, 2.24) is 4.90 Å². The number of aryl methyl sites for hydroxylation is 2. The lowest BCUT2D eigenvalue weighted by molar-refractivity contribution is 0.108. The Kier molecular flexibility index (Phi) is 4.41. The summed E-state index contributed by atoms with van der Waals surface area (Å²) in [5, 5.41) is 0. The Balaban J connectivity index is 2.20. The van der Waals surface area contributed by atoms with Crippen LogP contribution in [0.4, 0.5) is 0 Å². The molecule has 2 nitrogen and oxygen atoms in total. The number of hydrogen-bond acceptors (Lipinski definition) is 2. The molecule has 0 saturated carbocycles. The van der Waals surface area contributed by atoms with Gasteiger partial charge < -0.3 is 5.73 Å². The van der Waals surface area contributed by atoms with Crippen LogP contribution in [0.25, 0.3) is 0 Å². The molecule has 100 valence electrons. The maximum absolute atomic E-state index is 5.93. The van der Waals surface area contributed by atoms with Crippen molar-refractivity contribution >= 4 is 0 Å². The third-order valence-corrected chi connectivity index (χ3v) is 4.17. The van der Waals surface area contributed by atoms with E-state index in [9.17, 15) is 0 Å². The SMILES string of the molecule is Cc1cc(C)cc(C(C)N2CCCCC2CN)c1. The molecule has 1 aliphatic rings. The van der Waals surface area contributed by atoms with Crippen molar-refractivity contribution in [3.63, 3.8) is 0 Å². The highest BCUT2D eigenvalue weighted by molar-refractivity contribution is 5.30. The van der Waals surface area contributed by atoms with Gasteiger partial charge in [-0.1, -0.05) is 35.7 Å². The normalized spacial score (nSPS) is 23.0. The standard InChI is InChI=1S/C16H26N2/c1-12-8-13(2)10-15(9-12)14(3)18-7-5-4-6-16(18)11-17/h8-10,14,16H,4-7,11,17H2,1-3H3. The van der Waals surface area contributed by atoms with E-state index in [1.54, 1.807) is 0 Å². The maximum Gasteiger partial charge on any atom is 0.0323 e. The molecule has 1 fully saturated rings. The highest BCUT2D eigenvalue weighted by atomic mass is 15.2. The van der Waals surface area contributed by atoms with Crippen molar-refractivity contribution in [3.05, 3.63) is 34.9 Å². The first-order chi connectivity index (χ1) is 8.61. The number of hydrogen-bond donors (Lipinski definition) is 1. The minimum absolute atomic E-state index is 0.484. The zero-order valence-corrected chi connectivity index (χ0v) is 11.9. The number of nitrogens with zero attached hydrogens (tertiary/aromatic N) is 1. The lowest BCUT2D eigenvalue weighted by Crippen LogP contribution is -2.45. The summed E-state index contributed by atoms with van der Waals surface area (Å²) in [6, 6.07) is 7.93. The van der Waals surface area contributed by atoms with Gasteiger partial charge in [0.25, 0.3) is 0 Å². The van der Waals surface area contributed by atoms with Gasteiger partial charge in [0.2, 0.25) is 0 Å². The van der Waals surface area contributed by atoms with Gasteiger partial charge in [-0.15, -0.1) is 0 Å². The van der Waals surface area contributed by atoms with Gasteiger partial charge in [0, 0.05) is 18.6 Å². The molecule has 1 aromatic carbocycles. The number of rotatable bonds is 3. The molecule has 0 aromatic heterocycles. The van der Waals surface area contributed by atoms with E-state index in [0.717, 1.165) is 6.54 Å². The van der Waals surface area contributed by atoms with E-state index in [-0.39, 0.29) is 0 Å². The van der Waals surface area contributed by atoms with Gasteiger partial charge in [-0.2, -0.15) is 0 Å². The molecule has 1 heterocycles. The van der Waals surface area contributed by atoms with Crippen molar-refractivity contribution < 1.29 is 0 Å². The molecule has 2 atom stereocenters. The fourth-order valence-corrected chi connectivity index (χ4v) is 3.23. The average molecular weight is 246 g/mol. The second-order valence-electron chi connectivity index (χ2n) is 5.72. The van der Waals surface area contributed by atoms with E-state index in [1.807, 2.05) is 0 Å². The van der Waals surface area contributed by atoms with Crippen LogP contribution in [0.15, 0.2) is 18.2 Å². The third-order valence-electron chi connectivity index (χ3n) is 4.17. The van der Waals surface area contributed by atoms with Gasteiger partial charge in [0.1, 0.15) is 0 Å². The molecule has 2 N–H and O–H groups in total. The quantitative estimate of drug-likeness (QED) is 0.887. The van der Waals surface area contributed by atoms with Gasteiger partial charge >= 0.3 is 0 Å². The van der Waals surface area contributed by atoms with Gasteiger partial charge in [-0.3, -0.25) is 4.90 Å². The van der Waals surface area contributed by atoms with Crippen LogP contribution >= 0.6 is 0 Å². The number of nitrogens with two attached hydrogens (primary N) is 1. The third kappa shape index (κ3) is 2.93. The molecule has 1 aliphatic heterocycles. The molecule has 18 heavy (non-hydrogen) atoms. The average Bonchev–Trinajstić information content (AvgIpc) is 2.36. The van der Waals surface area contributed by atoms with Crippen LogP contribution in [-0.2, 0) is 0 Å². The molecule has 0 aliphatic carbocycles. The van der Waals surface area contributed by atoms with E-state index in [0.29, 0.717) is 12.1 Å². The van der Waals surface area contributed by atoms with Crippen LogP contribution in [0.5, 0.6) is 0 Å². The Hall–Kier alpha value is -0.860. The summed E-state index contributed by atoms with van der Waals surface area (Å²) in [7, 11) is 0. The Bertz CT molecular complexity index is 380. The maximum atomic E-state index is 5.93. The molecule has 0 spiro atoms. The van der Waals surface area contributed by atoms with E-state index < -0.39 is 0 Å². The Morgan fingerprint density at radius 1 is 1.22 bits per heavy atom. The fourth-order valence-electron chi connectivity index (χ4n) is 3.23. The smallest absolute Gasteiger partial charge is 0.0323 e. The van der Waals surface area contributed by atoms with Gasteiger partial charge in [-0.25, -0.2) is 0 Å². The Labute approximate surface area is 111 Å². The summed E-state index contributed by atoms with van der Waals surface area (Å²) in [5.74, 6) is 0. The summed E-state index contributed by atoms with van der Waals surface area (Å²) in [5.41, 5.74) is 10.1. The van der Waals surface area contributed by atoms with Crippen molar-refractivity contribution in [2.24, 2.45) is 5.73 Å². The van der Waals surface area contributed by atoms with Crippen LogP contribution in [0.3, 0.4) is 0 Å². The molecule has 1 saturated heterocycles. The fraction of sp³-hybridized carbons (Fsp3) is 0.625. The second-order valence-corrected chi connectivity index (χ2v) is 5.72. The predicted octanol–water partition coefficient (Wildman–Crippen LogP) is 3.18. The van der Waals surface area contributed by atoms with Crippen LogP contribution in [-0.4, -0.2) is 24.0 Å². The molecule has 1 aromatic rings. The minimum Gasteiger partial charge on any atom is -0.329 e. The van der Waals surface area contributed by atoms with Gasteiger partial charge in [-0.05, 0) is 45.7 Å². The van der Waals surface area contributed by atoms with Crippen LogP contribution in [0.1, 0.15) is 48.9 Å². The van der Waals surface area contributed by atoms with E-state index in [1.165, 1.54) is 42.5 Å². The van der Waals surface area contributed by atoms with Crippen molar-refractivity contribution in [2.75, 3.05) is 13.1 Å². The molecule has 0 bridgehead atoms. The van der Waals surface area contributed by atoms with Gasteiger partial charge in [0.05, 0.1) is 0 Å². The molecule has 2 rings (SSSR count). The summed E-state index contributed by atoms with van der Waals surface area (Å²) in [4.78, 5) is 2.59. The number of likely N-dealkylation sites (tertiary alicyclic amines) is 1. The van der Waals surface area contributed by atoms with Crippen molar-refractivity contribution in [1.29, 1.82) is 0 Å². The summed E-state index contributed by atoms with van der Waals surface area (Å²) in [6.45, 7) is 8.66. The predicted molar refractivity (Wildman–Crippen MR) is 77.7 cm³/mol. The molecule has 0 radical (unpaired) electrons. The summed E-state index contributed by atoms with van der Waals surface area (Å²) < 4.78 is 0. The molecule has 0 amide bonds. The second kappa shape index (κ2) is 5.85. The van der Waals surface area contributed by atoms with Gasteiger partial charge in [0.15, 0.2) is 0 Å². The van der Waals surface area contributed by atoms with Crippen molar-refractivity contribution in [2.45, 2.75) is 52.1 Å². The number of piperidine rings is 1. The van der Waals surface area contributed by atoms with Crippen LogP contribution in [0.2, 0.25) is 0 Å². The van der Waals surface area contributed by atoms with E-state index >= 15 is 0 Å². The first-order valence-electron chi connectivity index (χ1n) is 7.16. The highest BCUT2D eigenvalue weighted by Crippen LogP contribution is 2.28. The van der Waals surface area contributed by atoms with Crippen LogP contribution < -0.4 is 5.73 Å². The topological polar surface area (TPSA) is 29.3 Å². The largest absolute Gasteiger partial charge is 0.329 e. The zero-order valence-electron chi connectivity index (χ0n) is 11.9.